The average molecular weight is 378 g/mol. The smallest absolute Gasteiger partial charge is 0.0723 e. The zero-order valence-corrected chi connectivity index (χ0v) is 13.5. The molecule has 1 saturated carbocycles. The monoisotopic (exact) mass is 378 g/mol. The summed E-state index contributed by atoms with van der Waals surface area (Å²) in [6.45, 7) is 0. The summed E-state index contributed by atoms with van der Waals surface area (Å²) in [7, 11) is 0. The Hall–Kier alpha value is -0.910. The first-order valence-corrected chi connectivity index (χ1v) is 8.18. The topological polar surface area (TPSA) is 38.0 Å². The normalized spacial score (nSPS) is 16.7. The van der Waals surface area contributed by atoms with Crippen molar-refractivity contribution in [2.24, 2.45) is 5.84 Å². The van der Waals surface area contributed by atoms with E-state index >= 15 is 0 Å². The number of benzene rings is 2. The maximum absolute atomic E-state index is 5.88. The second-order valence-electron chi connectivity index (χ2n) is 5.38. The Bertz CT molecular complexity index is 593. The highest BCUT2D eigenvalue weighted by molar-refractivity contribution is 14.1. The molecule has 0 saturated heterocycles. The van der Waals surface area contributed by atoms with Crippen molar-refractivity contribution in [3.63, 3.8) is 0 Å². The van der Waals surface area contributed by atoms with Gasteiger partial charge in [0.2, 0.25) is 0 Å². The second kappa shape index (κ2) is 6.24. The molecule has 2 aromatic rings. The fraction of sp³-hybridized carbons (Fsp3) is 0.294. The van der Waals surface area contributed by atoms with Crippen LogP contribution in [-0.4, -0.2) is 0 Å². The van der Waals surface area contributed by atoms with E-state index < -0.39 is 0 Å². The molecule has 1 atom stereocenters. The number of nitrogens with two attached hydrogens (primary N) is 1. The van der Waals surface area contributed by atoms with Gasteiger partial charge in [-0.2, -0.15) is 0 Å². The van der Waals surface area contributed by atoms with E-state index in [-0.39, 0.29) is 6.04 Å². The lowest BCUT2D eigenvalue weighted by Gasteiger charge is -2.30. The molecule has 3 rings (SSSR count). The van der Waals surface area contributed by atoms with Gasteiger partial charge >= 0.3 is 0 Å². The average Bonchev–Trinajstić information content (AvgIpc) is 2.41. The van der Waals surface area contributed by atoms with Crippen molar-refractivity contribution in [1.82, 2.24) is 5.43 Å². The van der Waals surface area contributed by atoms with Crippen LogP contribution in [0.1, 0.15) is 47.9 Å². The summed E-state index contributed by atoms with van der Waals surface area (Å²) < 4.78 is 1.25. The van der Waals surface area contributed by atoms with Gasteiger partial charge in [-0.1, -0.05) is 48.9 Å². The first-order valence-electron chi connectivity index (χ1n) is 7.10. The van der Waals surface area contributed by atoms with Crippen LogP contribution in [0.4, 0.5) is 0 Å². The Morgan fingerprint density at radius 2 is 1.65 bits per heavy atom. The summed E-state index contributed by atoms with van der Waals surface area (Å²) in [5.41, 5.74) is 7.05. The molecule has 0 aromatic heterocycles. The number of nitrogens with one attached hydrogen (secondary N) is 1. The molecular weight excluding hydrogens is 359 g/mol. The minimum absolute atomic E-state index is 0.0694. The SMILES string of the molecule is NNC(c1ccccc1I)c1ccccc1C1CCC1. The molecule has 1 aliphatic rings. The van der Waals surface area contributed by atoms with Gasteiger partial charge in [0.25, 0.3) is 0 Å². The molecule has 2 aromatic carbocycles. The minimum atomic E-state index is 0.0694. The van der Waals surface area contributed by atoms with Crippen LogP contribution in [0.25, 0.3) is 0 Å². The van der Waals surface area contributed by atoms with Crippen molar-refractivity contribution >= 4 is 22.6 Å². The zero-order chi connectivity index (χ0) is 13.9. The summed E-state index contributed by atoms with van der Waals surface area (Å²) >= 11 is 2.38. The lowest BCUT2D eigenvalue weighted by atomic mass is 9.76. The van der Waals surface area contributed by atoms with Crippen molar-refractivity contribution in [3.8, 4) is 0 Å². The molecule has 0 bridgehead atoms. The van der Waals surface area contributed by atoms with E-state index in [1.54, 1.807) is 0 Å². The Labute approximate surface area is 133 Å². The number of hydrogen-bond acceptors (Lipinski definition) is 2. The van der Waals surface area contributed by atoms with Crippen LogP contribution in [0, 0.1) is 3.57 Å². The van der Waals surface area contributed by atoms with Crippen molar-refractivity contribution < 1.29 is 0 Å². The third kappa shape index (κ3) is 2.62. The van der Waals surface area contributed by atoms with E-state index in [9.17, 15) is 0 Å². The van der Waals surface area contributed by atoms with E-state index in [2.05, 4.69) is 76.5 Å². The van der Waals surface area contributed by atoms with Gasteiger partial charge in [-0.3, -0.25) is 5.84 Å². The Morgan fingerprint density at radius 1 is 1.00 bits per heavy atom. The maximum Gasteiger partial charge on any atom is 0.0723 e. The highest BCUT2D eigenvalue weighted by Crippen LogP contribution is 2.40. The van der Waals surface area contributed by atoms with E-state index in [1.807, 2.05) is 0 Å². The fourth-order valence-electron chi connectivity index (χ4n) is 2.92. The summed E-state index contributed by atoms with van der Waals surface area (Å²) in [6, 6.07) is 17.2. The molecule has 1 fully saturated rings. The predicted molar refractivity (Wildman–Crippen MR) is 91.4 cm³/mol. The molecule has 0 heterocycles. The first-order chi connectivity index (χ1) is 9.81. The molecule has 20 heavy (non-hydrogen) atoms. The summed E-state index contributed by atoms with van der Waals surface area (Å²) in [6.07, 6.45) is 3.96. The van der Waals surface area contributed by atoms with Gasteiger partial charge in [-0.25, -0.2) is 5.43 Å². The number of rotatable bonds is 4. The van der Waals surface area contributed by atoms with Crippen LogP contribution in [0.5, 0.6) is 0 Å². The van der Waals surface area contributed by atoms with Gasteiger partial charge in [-0.15, -0.1) is 0 Å². The Morgan fingerprint density at radius 3 is 2.25 bits per heavy atom. The Balaban J connectivity index is 2.03. The van der Waals surface area contributed by atoms with Crippen LogP contribution >= 0.6 is 22.6 Å². The van der Waals surface area contributed by atoms with Gasteiger partial charge in [-0.05, 0) is 64.1 Å². The predicted octanol–water partition coefficient (Wildman–Crippen LogP) is 4.11. The standard InChI is InChI=1S/C17H19IN2/c18-16-11-4-3-10-15(16)17(20-19)14-9-2-1-8-13(14)12-6-5-7-12/h1-4,8-12,17,20H,5-7,19H2. The Kier molecular flexibility index (Phi) is 4.38. The summed E-state index contributed by atoms with van der Waals surface area (Å²) in [5, 5.41) is 0. The second-order valence-corrected chi connectivity index (χ2v) is 6.54. The molecule has 3 heteroatoms. The van der Waals surface area contributed by atoms with Gasteiger partial charge in [0.05, 0.1) is 6.04 Å². The van der Waals surface area contributed by atoms with Gasteiger partial charge in [0, 0.05) is 3.57 Å². The van der Waals surface area contributed by atoms with Gasteiger partial charge in [0.15, 0.2) is 0 Å². The van der Waals surface area contributed by atoms with Crippen molar-refractivity contribution in [2.75, 3.05) is 0 Å². The third-order valence-corrected chi connectivity index (χ3v) is 5.22. The van der Waals surface area contributed by atoms with Crippen LogP contribution in [0.15, 0.2) is 48.5 Å². The quantitative estimate of drug-likeness (QED) is 0.477. The molecular formula is C17H19IN2. The molecule has 2 nitrogen and oxygen atoms in total. The summed E-state index contributed by atoms with van der Waals surface area (Å²) in [5.74, 6) is 6.59. The largest absolute Gasteiger partial charge is 0.271 e. The van der Waals surface area contributed by atoms with Crippen molar-refractivity contribution in [3.05, 3.63) is 68.8 Å². The number of hydrogen-bond donors (Lipinski definition) is 2. The lowest BCUT2D eigenvalue weighted by Crippen LogP contribution is -2.30. The van der Waals surface area contributed by atoms with Crippen molar-refractivity contribution in [1.29, 1.82) is 0 Å². The highest BCUT2D eigenvalue weighted by Gasteiger charge is 2.25. The van der Waals surface area contributed by atoms with Gasteiger partial charge in [0.1, 0.15) is 0 Å². The number of halogens is 1. The fourth-order valence-corrected chi connectivity index (χ4v) is 3.62. The van der Waals surface area contributed by atoms with Crippen LogP contribution < -0.4 is 11.3 Å². The first kappa shape index (κ1) is 14.0. The van der Waals surface area contributed by atoms with Crippen LogP contribution in [-0.2, 0) is 0 Å². The molecule has 0 spiro atoms. The van der Waals surface area contributed by atoms with Crippen molar-refractivity contribution in [2.45, 2.75) is 31.2 Å². The minimum Gasteiger partial charge on any atom is -0.271 e. The van der Waals surface area contributed by atoms with E-state index in [0.717, 1.165) is 0 Å². The molecule has 1 aliphatic carbocycles. The van der Waals surface area contributed by atoms with Gasteiger partial charge < -0.3 is 0 Å². The maximum atomic E-state index is 5.88. The number of hydrazine groups is 1. The van der Waals surface area contributed by atoms with E-state index in [4.69, 9.17) is 5.84 Å². The summed E-state index contributed by atoms with van der Waals surface area (Å²) in [4.78, 5) is 0. The highest BCUT2D eigenvalue weighted by atomic mass is 127. The van der Waals surface area contributed by atoms with E-state index in [0.29, 0.717) is 5.92 Å². The zero-order valence-electron chi connectivity index (χ0n) is 11.4. The molecule has 0 radical (unpaired) electrons. The molecule has 0 aliphatic heterocycles. The van der Waals surface area contributed by atoms with Crippen LogP contribution in [0.2, 0.25) is 0 Å². The van der Waals surface area contributed by atoms with E-state index in [1.165, 1.54) is 39.5 Å². The molecule has 0 amide bonds. The molecule has 104 valence electrons. The third-order valence-electron chi connectivity index (χ3n) is 4.23. The van der Waals surface area contributed by atoms with Crippen LogP contribution in [0.3, 0.4) is 0 Å². The lowest BCUT2D eigenvalue weighted by molar-refractivity contribution is 0.414. The molecule has 3 N–H and O–H groups in total. The molecule has 1 unspecified atom stereocenters.